The maximum atomic E-state index is 4.40. The number of hydrogen-bond donors (Lipinski definition) is 1. The van der Waals surface area contributed by atoms with Gasteiger partial charge in [0.15, 0.2) is 0 Å². The Balaban J connectivity index is 1.85. The fourth-order valence-corrected chi connectivity index (χ4v) is 2.54. The van der Waals surface area contributed by atoms with Crippen LogP contribution in [0.2, 0.25) is 0 Å². The van der Waals surface area contributed by atoms with Gasteiger partial charge in [-0.2, -0.15) is 0 Å². The molecule has 3 heterocycles. The van der Waals surface area contributed by atoms with Crippen LogP contribution in [-0.4, -0.2) is 26.6 Å². The van der Waals surface area contributed by atoms with Gasteiger partial charge in [-0.15, -0.1) is 11.3 Å². The van der Waals surface area contributed by atoms with Gasteiger partial charge in [-0.25, -0.2) is 9.97 Å². The van der Waals surface area contributed by atoms with Crippen LogP contribution in [0.1, 0.15) is 5.69 Å². The number of nitrogens with one attached hydrogen (secondary N) is 1. The maximum Gasteiger partial charge on any atom is 0.150 e. The van der Waals surface area contributed by atoms with E-state index < -0.39 is 0 Å². The number of nitrogens with zero attached hydrogens (tertiary/aromatic N) is 4. The lowest BCUT2D eigenvalue weighted by atomic mass is 10.4. The first-order chi connectivity index (χ1) is 9.36. The summed E-state index contributed by atoms with van der Waals surface area (Å²) in [5, 5.41) is 5.01. The van der Waals surface area contributed by atoms with Crippen LogP contribution in [0.5, 0.6) is 0 Å². The molecule has 0 aliphatic heterocycles. The highest BCUT2D eigenvalue weighted by Crippen LogP contribution is 2.23. The molecule has 0 saturated carbocycles. The zero-order chi connectivity index (χ0) is 13.1. The minimum atomic E-state index is 0.671. The predicted octanol–water partition coefficient (Wildman–Crippen LogP) is 2.49. The third-order valence-corrected chi connectivity index (χ3v) is 3.62. The molecule has 0 radical (unpaired) electrons. The van der Waals surface area contributed by atoms with Crippen LogP contribution in [0.25, 0.3) is 10.7 Å². The molecule has 0 unspecified atom stereocenters. The fraction of sp³-hybridized carbons (Fsp3) is 0.154. The number of rotatable bonds is 4. The molecular weight excluding hydrogens is 258 g/mol. The fourth-order valence-electron chi connectivity index (χ4n) is 1.81. The lowest BCUT2D eigenvalue weighted by molar-refractivity contribution is 0.777. The molecule has 96 valence electrons. The van der Waals surface area contributed by atoms with Crippen molar-refractivity contribution >= 4 is 17.2 Å². The highest BCUT2D eigenvalue weighted by atomic mass is 32.1. The summed E-state index contributed by atoms with van der Waals surface area (Å²) in [6, 6.07) is 4.10. The van der Waals surface area contributed by atoms with E-state index in [-0.39, 0.29) is 0 Å². The molecule has 3 aromatic rings. The van der Waals surface area contributed by atoms with E-state index in [0.29, 0.717) is 6.54 Å². The Morgan fingerprint density at radius 3 is 2.89 bits per heavy atom. The van der Waals surface area contributed by atoms with Gasteiger partial charge in [0.25, 0.3) is 0 Å². The number of aromatic nitrogens is 4. The Kier molecular flexibility index (Phi) is 3.24. The van der Waals surface area contributed by atoms with Crippen LogP contribution in [0.15, 0.2) is 42.3 Å². The van der Waals surface area contributed by atoms with Crippen LogP contribution in [-0.2, 0) is 6.54 Å². The molecule has 0 aliphatic rings. The van der Waals surface area contributed by atoms with Crippen LogP contribution < -0.4 is 5.32 Å². The molecule has 0 fully saturated rings. The van der Waals surface area contributed by atoms with Crippen molar-refractivity contribution in [2.45, 2.75) is 6.54 Å². The van der Waals surface area contributed by atoms with E-state index in [0.717, 1.165) is 22.2 Å². The Bertz CT molecular complexity index is 642. The molecule has 0 bridgehead atoms. The second-order valence-electron chi connectivity index (χ2n) is 4.00. The van der Waals surface area contributed by atoms with Crippen molar-refractivity contribution in [1.29, 1.82) is 0 Å². The van der Waals surface area contributed by atoms with E-state index in [2.05, 4.69) is 36.3 Å². The zero-order valence-electron chi connectivity index (χ0n) is 10.4. The van der Waals surface area contributed by atoms with Crippen molar-refractivity contribution in [3.63, 3.8) is 0 Å². The van der Waals surface area contributed by atoms with Crippen LogP contribution >= 0.6 is 11.3 Å². The van der Waals surface area contributed by atoms with E-state index in [1.165, 1.54) is 0 Å². The molecule has 3 rings (SSSR count). The summed E-state index contributed by atoms with van der Waals surface area (Å²) in [4.78, 5) is 14.2. The average Bonchev–Trinajstić information content (AvgIpc) is 3.10. The van der Waals surface area contributed by atoms with Crippen LogP contribution in [0.4, 0.5) is 5.82 Å². The summed E-state index contributed by atoms with van der Waals surface area (Å²) >= 11 is 1.68. The number of hydrogen-bond acceptors (Lipinski definition) is 5. The predicted molar refractivity (Wildman–Crippen MR) is 76.2 cm³/mol. The highest BCUT2D eigenvalue weighted by molar-refractivity contribution is 7.13. The molecule has 19 heavy (non-hydrogen) atoms. The van der Waals surface area contributed by atoms with Crippen molar-refractivity contribution in [2.75, 3.05) is 12.4 Å². The monoisotopic (exact) mass is 271 g/mol. The molecule has 6 heteroatoms. The van der Waals surface area contributed by atoms with E-state index in [4.69, 9.17) is 0 Å². The summed E-state index contributed by atoms with van der Waals surface area (Å²) in [6.45, 7) is 0.671. The third kappa shape index (κ3) is 2.48. The van der Waals surface area contributed by atoms with Gasteiger partial charge in [0.1, 0.15) is 11.6 Å². The van der Waals surface area contributed by atoms with Crippen LogP contribution in [0, 0.1) is 0 Å². The Hall–Kier alpha value is -2.21. The topological polar surface area (TPSA) is 55.6 Å². The minimum Gasteiger partial charge on any atom is -0.372 e. The summed E-state index contributed by atoms with van der Waals surface area (Å²) in [5.74, 6) is 1.74. The highest BCUT2D eigenvalue weighted by Gasteiger charge is 2.07. The number of anilines is 1. The van der Waals surface area contributed by atoms with Crippen molar-refractivity contribution in [3.05, 3.63) is 48.0 Å². The third-order valence-electron chi connectivity index (χ3n) is 2.75. The van der Waals surface area contributed by atoms with Gasteiger partial charge in [-0.05, 0) is 11.4 Å². The zero-order valence-corrected chi connectivity index (χ0v) is 11.3. The van der Waals surface area contributed by atoms with Crippen molar-refractivity contribution in [2.24, 2.45) is 0 Å². The van der Waals surface area contributed by atoms with E-state index in [1.807, 2.05) is 25.5 Å². The van der Waals surface area contributed by atoms with Gasteiger partial charge in [0.05, 0.1) is 29.5 Å². The molecule has 0 amide bonds. The summed E-state index contributed by atoms with van der Waals surface area (Å²) in [6.07, 6.45) is 7.29. The smallest absolute Gasteiger partial charge is 0.150 e. The van der Waals surface area contributed by atoms with Gasteiger partial charge in [0.2, 0.25) is 0 Å². The summed E-state index contributed by atoms with van der Waals surface area (Å²) in [7, 11) is 1.83. The van der Waals surface area contributed by atoms with E-state index >= 15 is 0 Å². The lowest BCUT2D eigenvalue weighted by Crippen LogP contribution is -2.04. The van der Waals surface area contributed by atoms with Gasteiger partial charge in [-0.3, -0.25) is 4.98 Å². The first-order valence-corrected chi connectivity index (χ1v) is 6.78. The Morgan fingerprint density at radius 2 is 2.21 bits per heavy atom. The normalized spacial score (nSPS) is 10.6. The standard InChI is InChI=1S/C13H13N5S/c1-14-12-8-16-10(7-17-12)9-18-5-4-15-13(18)11-3-2-6-19-11/h2-8H,9H2,1H3,(H,14,17). The molecular formula is C13H13N5S. The number of imidazole rings is 1. The van der Waals surface area contributed by atoms with E-state index in [1.54, 1.807) is 23.7 Å². The van der Waals surface area contributed by atoms with Gasteiger partial charge in [0, 0.05) is 19.4 Å². The summed E-state index contributed by atoms with van der Waals surface area (Å²) < 4.78 is 2.08. The minimum absolute atomic E-state index is 0.671. The second kappa shape index (κ2) is 5.19. The lowest BCUT2D eigenvalue weighted by Gasteiger charge is -2.06. The Labute approximate surface area is 115 Å². The quantitative estimate of drug-likeness (QED) is 0.792. The summed E-state index contributed by atoms with van der Waals surface area (Å²) in [5.41, 5.74) is 0.912. The first kappa shape index (κ1) is 11.9. The van der Waals surface area contributed by atoms with Crippen LogP contribution in [0.3, 0.4) is 0 Å². The van der Waals surface area contributed by atoms with Crippen molar-refractivity contribution < 1.29 is 0 Å². The molecule has 1 N–H and O–H groups in total. The maximum absolute atomic E-state index is 4.40. The average molecular weight is 271 g/mol. The SMILES string of the molecule is CNc1cnc(Cn2ccnc2-c2cccs2)cn1. The van der Waals surface area contributed by atoms with Crippen molar-refractivity contribution in [3.8, 4) is 10.7 Å². The number of thiophene rings is 1. The Morgan fingerprint density at radius 1 is 1.26 bits per heavy atom. The molecule has 0 aliphatic carbocycles. The van der Waals surface area contributed by atoms with Gasteiger partial charge < -0.3 is 9.88 Å². The van der Waals surface area contributed by atoms with Gasteiger partial charge >= 0.3 is 0 Å². The van der Waals surface area contributed by atoms with E-state index in [9.17, 15) is 0 Å². The molecule has 5 nitrogen and oxygen atoms in total. The molecule has 0 atom stereocenters. The molecule has 0 aromatic carbocycles. The second-order valence-corrected chi connectivity index (χ2v) is 4.95. The largest absolute Gasteiger partial charge is 0.372 e. The molecule has 0 spiro atoms. The molecule has 0 saturated heterocycles. The van der Waals surface area contributed by atoms with Gasteiger partial charge in [-0.1, -0.05) is 6.07 Å². The molecule has 3 aromatic heterocycles. The van der Waals surface area contributed by atoms with Crippen molar-refractivity contribution in [1.82, 2.24) is 19.5 Å². The first-order valence-electron chi connectivity index (χ1n) is 5.90.